The van der Waals surface area contributed by atoms with Gasteiger partial charge in [0, 0.05) is 23.5 Å². The van der Waals surface area contributed by atoms with Gasteiger partial charge < -0.3 is 10.3 Å². The summed E-state index contributed by atoms with van der Waals surface area (Å²) in [7, 11) is 0. The molecule has 0 bridgehead atoms. The molecule has 18 heavy (non-hydrogen) atoms. The maximum absolute atomic E-state index is 10.8. The Hall–Kier alpha value is -1.11. The molecule has 0 fully saturated rings. The molecule has 0 aliphatic carbocycles. The summed E-state index contributed by atoms with van der Waals surface area (Å²) in [5.41, 5.74) is 9.68. The van der Waals surface area contributed by atoms with Crippen LogP contribution < -0.4 is 15.6 Å². The minimum Gasteiger partial charge on any atom is -0.759 e. The van der Waals surface area contributed by atoms with E-state index in [0.29, 0.717) is 6.54 Å². The summed E-state index contributed by atoms with van der Waals surface area (Å²) in [5.74, 6) is 0. The van der Waals surface area contributed by atoms with Gasteiger partial charge >= 0.3 is 0 Å². The molecular formula is C12H20N3O2S-. The lowest BCUT2D eigenvalue weighted by molar-refractivity contribution is 0.519. The van der Waals surface area contributed by atoms with Gasteiger partial charge in [-0.3, -0.25) is 9.22 Å². The van der Waals surface area contributed by atoms with Crippen molar-refractivity contribution in [2.75, 3.05) is 17.3 Å². The van der Waals surface area contributed by atoms with E-state index in [4.69, 9.17) is 5.73 Å². The SMILES string of the molecule is CCCc1c(N)ccc(N(CC)NS(=O)[O-])c1C. The van der Waals surface area contributed by atoms with Gasteiger partial charge in [0.05, 0.1) is 5.69 Å². The molecular weight excluding hydrogens is 250 g/mol. The van der Waals surface area contributed by atoms with E-state index in [9.17, 15) is 8.76 Å². The zero-order valence-electron chi connectivity index (χ0n) is 11.0. The summed E-state index contributed by atoms with van der Waals surface area (Å²) in [6.07, 6.45) is 1.89. The number of nitrogens with one attached hydrogen (secondary N) is 1. The molecule has 6 heteroatoms. The molecule has 3 N–H and O–H groups in total. The fourth-order valence-corrected chi connectivity index (χ4v) is 2.42. The molecule has 0 saturated carbocycles. The highest BCUT2D eigenvalue weighted by Crippen LogP contribution is 2.27. The standard InChI is InChI=1S/C12H21N3O2S/c1-4-6-10-9(3)12(8-7-11(10)13)15(5-2)14-18(16)17/h7-8,14H,4-6,13H2,1-3H3,(H,16,17)/p-1. The molecule has 102 valence electrons. The van der Waals surface area contributed by atoms with E-state index in [2.05, 4.69) is 11.8 Å². The van der Waals surface area contributed by atoms with Crippen molar-refractivity contribution in [2.24, 2.45) is 0 Å². The Kier molecular flexibility index (Phi) is 5.58. The fourth-order valence-electron chi connectivity index (χ4n) is 2.01. The average molecular weight is 270 g/mol. The molecule has 0 aliphatic heterocycles. The second-order valence-electron chi connectivity index (χ2n) is 4.10. The van der Waals surface area contributed by atoms with Crippen LogP contribution >= 0.6 is 0 Å². The van der Waals surface area contributed by atoms with Gasteiger partial charge in [0.1, 0.15) is 0 Å². The average Bonchev–Trinajstić information content (AvgIpc) is 2.32. The summed E-state index contributed by atoms with van der Waals surface area (Å²) < 4.78 is 21.5. The first-order valence-corrected chi connectivity index (χ1v) is 7.09. The second-order valence-corrected chi connectivity index (χ2v) is 4.75. The van der Waals surface area contributed by atoms with Crippen LogP contribution in [0.15, 0.2) is 12.1 Å². The van der Waals surface area contributed by atoms with Crippen LogP contribution in [-0.4, -0.2) is 15.3 Å². The molecule has 5 nitrogen and oxygen atoms in total. The Balaban J connectivity index is 3.15. The summed E-state index contributed by atoms with van der Waals surface area (Å²) in [5, 5.41) is 1.59. The molecule has 0 aliphatic rings. The zero-order chi connectivity index (χ0) is 13.7. The van der Waals surface area contributed by atoms with Crippen LogP contribution in [0.25, 0.3) is 0 Å². The van der Waals surface area contributed by atoms with E-state index >= 15 is 0 Å². The molecule has 1 aromatic carbocycles. The third kappa shape index (κ3) is 3.44. The van der Waals surface area contributed by atoms with Crippen molar-refractivity contribution in [1.29, 1.82) is 0 Å². The minimum atomic E-state index is -2.33. The van der Waals surface area contributed by atoms with Gasteiger partial charge in [-0.25, -0.2) is 0 Å². The Bertz CT molecular complexity index is 438. The molecule has 0 aromatic heterocycles. The number of nitrogen functional groups attached to an aromatic ring is 1. The van der Waals surface area contributed by atoms with Crippen LogP contribution in [0.3, 0.4) is 0 Å². The topological polar surface area (TPSA) is 81.4 Å². The van der Waals surface area contributed by atoms with Crippen LogP contribution in [0.4, 0.5) is 11.4 Å². The molecule has 1 unspecified atom stereocenters. The fraction of sp³-hybridized carbons (Fsp3) is 0.500. The number of hydrazine groups is 1. The summed E-state index contributed by atoms with van der Waals surface area (Å²) in [4.78, 5) is 2.38. The highest BCUT2D eigenvalue weighted by Gasteiger charge is 2.12. The van der Waals surface area contributed by atoms with E-state index in [1.807, 2.05) is 26.0 Å². The molecule has 0 heterocycles. The van der Waals surface area contributed by atoms with Gasteiger partial charge in [-0.15, -0.1) is 0 Å². The number of benzene rings is 1. The molecule has 1 aromatic rings. The van der Waals surface area contributed by atoms with Crippen LogP contribution in [0.5, 0.6) is 0 Å². The van der Waals surface area contributed by atoms with Crippen molar-refractivity contribution >= 4 is 22.6 Å². The Morgan fingerprint density at radius 3 is 2.61 bits per heavy atom. The number of hydrogen-bond acceptors (Lipinski definition) is 4. The van der Waals surface area contributed by atoms with Crippen molar-refractivity contribution in [3.63, 3.8) is 0 Å². The highest BCUT2D eigenvalue weighted by molar-refractivity contribution is 7.77. The van der Waals surface area contributed by atoms with Crippen molar-refractivity contribution in [3.05, 3.63) is 23.3 Å². The third-order valence-electron chi connectivity index (χ3n) is 2.90. The molecule has 1 rings (SSSR count). The Morgan fingerprint density at radius 1 is 1.44 bits per heavy atom. The number of rotatable bonds is 6. The monoisotopic (exact) mass is 270 g/mol. The maximum atomic E-state index is 10.8. The maximum Gasteiger partial charge on any atom is 0.0562 e. The molecule has 0 radical (unpaired) electrons. The zero-order valence-corrected chi connectivity index (χ0v) is 11.8. The third-order valence-corrected chi connectivity index (χ3v) is 3.27. The van der Waals surface area contributed by atoms with Gasteiger partial charge in [-0.1, -0.05) is 13.3 Å². The van der Waals surface area contributed by atoms with Crippen molar-refractivity contribution in [3.8, 4) is 0 Å². The van der Waals surface area contributed by atoms with Crippen molar-refractivity contribution < 1.29 is 8.76 Å². The quantitative estimate of drug-likeness (QED) is 0.468. The number of hydrogen-bond donors (Lipinski definition) is 2. The van der Waals surface area contributed by atoms with Crippen LogP contribution in [0, 0.1) is 6.92 Å². The number of nitrogens with zero attached hydrogens (tertiary/aromatic N) is 1. The Morgan fingerprint density at radius 2 is 2.11 bits per heavy atom. The van der Waals surface area contributed by atoms with E-state index < -0.39 is 11.3 Å². The Labute approximate surface area is 111 Å². The van der Waals surface area contributed by atoms with Crippen LogP contribution in [0.2, 0.25) is 0 Å². The number of anilines is 2. The molecule has 0 amide bonds. The first-order valence-electron chi connectivity index (χ1n) is 6.02. The number of nitrogens with two attached hydrogens (primary N) is 1. The van der Waals surface area contributed by atoms with Gasteiger partial charge in [-0.05, 0) is 43.5 Å². The van der Waals surface area contributed by atoms with Gasteiger partial charge in [0.15, 0.2) is 0 Å². The first kappa shape index (κ1) is 14.9. The lowest BCUT2D eigenvalue weighted by Crippen LogP contribution is -2.39. The summed E-state index contributed by atoms with van der Waals surface area (Å²) in [6.45, 7) is 6.49. The molecule has 0 saturated heterocycles. The minimum absolute atomic E-state index is 0.546. The van der Waals surface area contributed by atoms with E-state index in [0.717, 1.165) is 35.3 Å². The molecule has 0 spiro atoms. The smallest absolute Gasteiger partial charge is 0.0562 e. The molecule has 1 atom stereocenters. The van der Waals surface area contributed by atoms with Crippen molar-refractivity contribution in [2.45, 2.75) is 33.6 Å². The van der Waals surface area contributed by atoms with E-state index in [-0.39, 0.29) is 0 Å². The predicted molar refractivity (Wildman–Crippen MR) is 74.7 cm³/mol. The highest BCUT2D eigenvalue weighted by atomic mass is 32.2. The van der Waals surface area contributed by atoms with Crippen LogP contribution in [-0.2, 0) is 17.7 Å². The predicted octanol–water partition coefficient (Wildman–Crippen LogP) is 1.65. The van der Waals surface area contributed by atoms with Crippen LogP contribution in [0.1, 0.15) is 31.4 Å². The summed E-state index contributed by atoms with van der Waals surface area (Å²) in [6, 6.07) is 3.67. The van der Waals surface area contributed by atoms with Gasteiger partial charge in [0.25, 0.3) is 0 Å². The van der Waals surface area contributed by atoms with Gasteiger partial charge in [0.2, 0.25) is 0 Å². The summed E-state index contributed by atoms with van der Waals surface area (Å²) >= 11 is -2.33. The lowest BCUT2D eigenvalue weighted by atomic mass is 10.0. The second kappa shape index (κ2) is 6.72. The lowest BCUT2D eigenvalue weighted by Gasteiger charge is -2.27. The van der Waals surface area contributed by atoms with E-state index in [1.54, 1.807) is 5.01 Å². The van der Waals surface area contributed by atoms with Crippen molar-refractivity contribution in [1.82, 2.24) is 4.83 Å². The normalized spacial score (nSPS) is 12.4. The van der Waals surface area contributed by atoms with E-state index in [1.165, 1.54) is 0 Å². The first-order chi connectivity index (χ1) is 8.51. The van der Waals surface area contributed by atoms with Gasteiger partial charge in [-0.2, -0.15) is 4.83 Å². The largest absolute Gasteiger partial charge is 0.759 e.